The Kier molecular flexibility index (Phi) is 3.28. The van der Waals surface area contributed by atoms with Crippen LogP contribution in [0.4, 0.5) is 0 Å². The quantitative estimate of drug-likeness (QED) is 0.796. The van der Waals surface area contributed by atoms with Crippen molar-refractivity contribution in [2.45, 2.75) is 33.2 Å². The van der Waals surface area contributed by atoms with E-state index in [1.807, 2.05) is 20.9 Å². The van der Waals surface area contributed by atoms with Crippen LogP contribution in [0.15, 0.2) is 6.20 Å². The summed E-state index contributed by atoms with van der Waals surface area (Å²) in [6.45, 7) is 5.95. The number of amides is 1. The number of aromatic nitrogens is 2. The van der Waals surface area contributed by atoms with E-state index in [9.17, 15) is 4.79 Å². The lowest BCUT2D eigenvalue weighted by atomic mass is 10.2. The first-order valence-corrected chi connectivity index (χ1v) is 4.85. The van der Waals surface area contributed by atoms with E-state index < -0.39 is 0 Å². The predicted molar refractivity (Wildman–Crippen MR) is 55.2 cm³/mol. The van der Waals surface area contributed by atoms with Gasteiger partial charge in [0.15, 0.2) is 0 Å². The van der Waals surface area contributed by atoms with Gasteiger partial charge in [0.25, 0.3) is 5.91 Å². The molecule has 0 aliphatic rings. The van der Waals surface area contributed by atoms with Crippen molar-refractivity contribution in [2.75, 3.05) is 7.05 Å². The molecule has 1 unspecified atom stereocenters. The van der Waals surface area contributed by atoms with Crippen LogP contribution in [0.2, 0.25) is 0 Å². The first-order valence-electron chi connectivity index (χ1n) is 4.85. The van der Waals surface area contributed by atoms with E-state index in [0.717, 1.165) is 12.1 Å². The van der Waals surface area contributed by atoms with Gasteiger partial charge in [-0.05, 0) is 20.3 Å². The summed E-state index contributed by atoms with van der Waals surface area (Å²) in [5.74, 6) is 0.0330. The van der Waals surface area contributed by atoms with E-state index in [-0.39, 0.29) is 11.9 Å². The minimum Gasteiger partial charge on any atom is -0.339 e. The second-order valence-electron chi connectivity index (χ2n) is 3.58. The summed E-state index contributed by atoms with van der Waals surface area (Å²) in [4.78, 5) is 13.6. The number of aryl methyl sites for hydroxylation is 1. The summed E-state index contributed by atoms with van der Waals surface area (Å²) < 4.78 is 0. The summed E-state index contributed by atoms with van der Waals surface area (Å²) in [6, 6.07) is 0.261. The number of aromatic amines is 1. The molecular formula is C10H17N3O. The fraction of sp³-hybridized carbons (Fsp3) is 0.600. The second-order valence-corrected chi connectivity index (χ2v) is 3.58. The third kappa shape index (κ3) is 1.95. The van der Waals surface area contributed by atoms with Crippen molar-refractivity contribution in [2.24, 2.45) is 0 Å². The largest absolute Gasteiger partial charge is 0.339 e. The topological polar surface area (TPSA) is 49.0 Å². The van der Waals surface area contributed by atoms with Crippen LogP contribution in [0.25, 0.3) is 0 Å². The van der Waals surface area contributed by atoms with Gasteiger partial charge in [0.1, 0.15) is 0 Å². The van der Waals surface area contributed by atoms with Crippen LogP contribution in [0.5, 0.6) is 0 Å². The SMILES string of the molecule is CCC(C)N(C)C(=O)c1cn[nH]c1C. The number of rotatable bonds is 3. The van der Waals surface area contributed by atoms with Crippen molar-refractivity contribution in [1.29, 1.82) is 0 Å². The Morgan fingerprint density at radius 2 is 2.36 bits per heavy atom. The van der Waals surface area contributed by atoms with Gasteiger partial charge in [-0.2, -0.15) is 5.10 Å². The fourth-order valence-corrected chi connectivity index (χ4v) is 1.23. The molecule has 0 saturated heterocycles. The van der Waals surface area contributed by atoms with E-state index in [1.165, 1.54) is 0 Å². The van der Waals surface area contributed by atoms with Gasteiger partial charge < -0.3 is 4.90 Å². The maximum Gasteiger partial charge on any atom is 0.257 e. The summed E-state index contributed by atoms with van der Waals surface area (Å²) in [5.41, 5.74) is 1.48. The normalized spacial score (nSPS) is 12.6. The summed E-state index contributed by atoms with van der Waals surface area (Å²) in [6.07, 6.45) is 2.54. The van der Waals surface area contributed by atoms with Crippen LogP contribution in [0.1, 0.15) is 36.3 Å². The van der Waals surface area contributed by atoms with Crippen LogP contribution in [-0.4, -0.2) is 34.1 Å². The molecule has 78 valence electrons. The Hall–Kier alpha value is -1.32. The standard InChI is InChI=1S/C10H17N3O/c1-5-7(2)13(4)10(14)9-6-11-12-8(9)3/h6-7H,5H2,1-4H3,(H,11,12). The van der Waals surface area contributed by atoms with Crippen LogP contribution in [0, 0.1) is 6.92 Å². The van der Waals surface area contributed by atoms with Crippen molar-refractivity contribution >= 4 is 5.91 Å². The van der Waals surface area contributed by atoms with Crippen molar-refractivity contribution in [3.8, 4) is 0 Å². The monoisotopic (exact) mass is 195 g/mol. The highest BCUT2D eigenvalue weighted by Crippen LogP contribution is 2.10. The minimum absolute atomic E-state index is 0.0330. The summed E-state index contributed by atoms with van der Waals surface area (Å²) >= 11 is 0. The van der Waals surface area contributed by atoms with Gasteiger partial charge in [-0.25, -0.2) is 0 Å². The molecule has 1 heterocycles. The van der Waals surface area contributed by atoms with Crippen LogP contribution >= 0.6 is 0 Å². The van der Waals surface area contributed by atoms with Gasteiger partial charge in [0.2, 0.25) is 0 Å². The molecule has 4 nitrogen and oxygen atoms in total. The Labute approximate surface area is 84.3 Å². The lowest BCUT2D eigenvalue weighted by Crippen LogP contribution is -2.34. The molecule has 14 heavy (non-hydrogen) atoms. The lowest BCUT2D eigenvalue weighted by molar-refractivity contribution is 0.0740. The van der Waals surface area contributed by atoms with Crippen LogP contribution < -0.4 is 0 Å². The first kappa shape index (κ1) is 10.8. The van der Waals surface area contributed by atoms with Gasteiger partial charge in [-0.1, -0.05) is 6.92 Å². The zero-order valence-electron chi connectivity index (χ0n) is 9.16. The molecule has 1 rings (SSSR count). The highest BCUT2D eigenvalue weighted by atomic mass is 16.2. The Bertz CT molecular complexity index is 319. The molecule has 0 radical (unpaired) electrons. The molecule has 1 aromatic rings. The summed E-state index contributed by atoms with van der Waals surface area (Å²) in [7, 11) is 1.82. The molecule has 1 aromatic heterocycles. The van der Waals surface area contributed by atoms with Gasteiger partial charge in [-0.15, -0.1) is 0 Å². The zero-order valence-corrected chi connectivity index (χ0v) is 9.16. The molecule has 0 spiro atoms. The highest BCUT2D eigenvalue weighted by Gasteiger charge is 2.18. The molecule has 1 amide bonds. The Morgan fingerprint density at radius 1 is 1.71 bits per heavy atom. The van der Waals surface area contributed by atoms with Gasteiger partial charge in [0.05, 0.1) is 11.8 Å². The average Bonchev–Trinajstić information content (AvgIpc) is 2.61. The van der Waals surface area contributed by atoms with Crippen molar-refractivity contribution in [1.82, 2.24) is 15.1 Å². The van der Waals surface area contributed by atoms with Gasteiger partial charge in [-0.3, -0.25) is 9.89 Å². The van der Waals surface area contributed by atoms with Gasteiger partial charge >= 0.3 is 0 Å². The smallest absolute Gasteiger partial charge is 0.257 e. The first-order chi connectivity index (χ1) is 6.57. The molecule has 0 bridgehead atoms. The number of carbonyl (C=O) groups excluding carboxylic acids is 1. The average molecular weight is 195 g/mol. The second kappa shape index (κ2) is 4.26. The fourth-order valence-electron chi connectivity index (χ4n) is 1.23. The van der Waals surface area contributed by atoms with Crippen LogP contribution in [0.3, 0.4) is 0 Å². The number of hydrogen-bond acceptors (Lipinski definition) is 2. The van der Waals surface area contributed by atoms with E-state index >= 15 is 0 Å². The molecular weight excluding hydrogens is 178 g/mol. The van der Waals surface area contributed by atoms with Crippen LogP contribution in [-0.2, 0) is 0 Å². The van der Waals surface area contributed by atoms with Gasteiger partial charge in [0, 0.05) is 18.8 Å². The van der Waals surface area contributed by atoms with E-state index in [4.69, 9.17) is 0 Å². The van der Waals surface area contributed by atoms with Crippen molar-refractivity contribution < 1.29 is 4.79 Å². The molecule has 0 aromatic carbocycles. The zero-order chi connectivity index (χ0) is 10.7. The van der Waals surface area contributed by atoms with Crippen molar-refractivity contribution in [3.63, 3.8) is 0 Å². The Morgan fingerprint density at radius 3 is 2.79 bits per heavy atom. The molecule has 0 saturated carbocycles. The molecule has 0 aliphatic heterocycles. The van der Waals surface area contributed by atoms with E-state index in [2.05, 4.69) is 17.1 Å². The predicted octanol–water partition coefficient (Wildman–Crippen LogP) is 1.59. The number of H-pyrrole nitrogens is 1. The number of nitrogens with one attached hydrogen (secondary N) is 1. The number of carbonyl (C=O) groups is 1. The molecule has 1 N–H and O–H groups in total. The minimum atomic E-state index is 0.0330. The lowest BCUT2D eigenvalue weighted by Gasteiger charge is -2.23. The van der Waals surface area contributed by atoms with Crippen molar-refractivity contribution in [3.05, 3.63) is 17.5 Å². The number of hydrogen-bond donors (Lipinski definition) is 1. The maximum absolute atomic E-state index is 11.9. The third-order valence-corrected chi connectivity index (χ3v) is 2.63. The van der Waals surface area contributed by atoms with E-state index in [1.54, 1.807) is 11.1 Å². The Balaban J connectivity index is 2.81. The molecule has 0 fully saturated rings. The molecule has 0 aliphatic carbocycles. The van der Waals surface area contributed by atoms with E-state index in [0.29, 0.717) is 5.56 Å². The third-order valence-electron chi connectivity index (χ3n) is 2.63. The number of nitrogens with zero attached hydrogens (tertiary/aromatic N) is 2. The summed E-state index contributed by atoms with van der Waals surface area (Å²) in [5, 5.41) is 6.60. The molecule has 1 atom stereocenters. The highest BCUT2D eigenvalue weighted by molar-refractivity contribution is 5.95. The molecule has 4 heteroatoms. The maximum atomic E-state index is 11.9.